The van der Waals surface area contributed by atoms with Crippen LogP contribution in [0.1, 0.15) is 66.4 Å². The van der Waals surface area contributed by atoms with Crippen LogP contribution in [0.4, 0.5) is 0 Å². The lowest BCUT2D eigenvalue weighted by atomic mass is 10.0. The van der Waals surface area contributed by atoms with E-state index in [0.717, 1.165) is 42.0 Å². The van der Waals surface area contributed by atoms with Crippen LogP contribution in [0.25, 0.3) is 0 Å². The largest absolute Gasteiger partial charge is 0.338 e. The molecule has 0 spiro atoms. The molecule has 8 nitrogen and oxygen atoms in total. The van der Waals surface area contributed by atoms with Crippen molar-refractivity contribution in [3.63, 3.8) is 0 Å². The molecule has 0 unspecified atom stereocenters. The van der Waals surface area contributed by atoms with Crippen molar-refractivity contribution >= 4 is 11.8 Å². The molecule has 0 aliphatic carbocycles. The summed E-state index contributed by atoms with van der Waals surface area (Å²) in [6.07, 6.45) is 4.34. The Balaban J connectivity index is 1.41. The first-order chi connectivity index (χ1) is 13.9. The van der Waals surface area contributed by atoms with Crippen LogP contribution in [0.15, 0.2) is 12.3 Å². The van der Waals surface area contributed by atoms with Gasteiger partial charge in [-0.1, -0.05) is 13.8 Å². The molecule has 2 aromatic rings. The van der Waals surface area contributed by atoms with Crippen LogP contribution in [-0.2, 0) is 24.2 Å². The number of fused-ring (bicyclic) bond motifs is 1. The lowest BCUT2D eigenvalue weighted by Gasteiger charge is -2.27. The lowest BCUT2D eigenvalue weighted by molar-refractivity contribution is -0.129. The van der Waals surface area contributed by atoms with Crippen molar-refractivity contribution in [1.82, 2.24) is 30.0 Å². The number of carbonyl (C=O) groups excluding carboxylic acids is 2. The summed E-state index contributed by atoms with van der Waals surface area (Å²) in [5.74, 6) is 1.51. The molecule has 8 heteroatoms. The number of hydrogen-bond acceptors (Lipinski definition) is 5. The van der Waals surface area contributed by atoms with Gasteiger partial charge in [0.25, 0.3) is 5.91 Å². The highest BCUT2D eigenvalue weighted by atomic mass is 16.2. The summed E-state index contributed by atoms with van der Waals surface area (Å²) in [5, 5.41) is 7.19. The Bertz CT molecular complexity index is 922. The van der Waals surface area contributed by atoms with Crippen LogP contribution in [0.5, 0.6) is 0 Å². The van der Waals surface area contributed by atoms with Gasteiger partial charge < -0.3 is 9.80 Å². The standard InChI is InChI=1S/C21H28N6O2/c1-13(2)8-17-9-19(25-24-17)21(29)27-6-4-15(11-27)20-22-10-16-12-26(14(3)28)7-5-18(16)23-20/h9-10,13,15H,4-8,11-12H2,1-3H3,(H,24,25)/t15-/m0/s1. The highest BCUT2D eigenvalue weighted by molar-refractivity contribution is 5.92. The van der Waals surface area contributed by atoms with Crippen LogP contribution < -0.4 is 0 Å². The lowest BCUT2D eigenvalue weighted by Crippen LogP contribution is -2.35. The minimum atomic E-state index is -0.0335. The highest BCUT2D eigenvalue weighted by Gasteiger charge is 2.31. The second kappa shape index (κ2) is 7.93. The molecule has 2 aliphatic heterocycles. The molecule has 0 saturated carbocycles. The third-order valence-corrected chi connectivity index (χ3v) is 5.72. The Morgan fingerprint density at radius 2 is 2.10 bits per heavy atom. The average molecular weight is 396 g/mol. The van der Waals surface area contributed by atoms with Gasteiger partial charge in [-0.25, -0.2) is 9.97 Å². The van der Waals surface area contributed by atoms with E-state index in [1.165, 1.54) is 0 Å². The van der Waals surface area contributed by atoms with Crippen molar-refractivity contribution in [2.75, 3.05) is 19.6 Å². The fourth-order valence-electron chi connectivity index (χ4n) is 4.13. The van der Waals surface area contributed by atoms with Gasteiger partial charge in [-0.2, -0.15) is 5.10 Å². The van der Waals surface area contributed by atoms with E-state index in [2.05, 4.69) is 29.0 Å². The van der Waals surface area contributed by atoms with Crippen LogP contribution in [0.3, 0.4) is 0 Å². The maximum Gasteiger partial charge on any atom is 0.274 e. The molecule has 0 bridgehead atoms. The van der Waals surface area contributed by atoms with Gasteiger partial charge in [-0.3, -0.25) is 14.7 Å². The van der Waals surface area contributed by atoms with Gasteiger partial charge in [0.15, 0.2) is 0 Å². The quantitative estimate of drug-likeness (QED) is 0.852. The average Bonchev–Trinajstić information content (AvgIpc) is 3.36. The number of likely N-dealkylation sites (tertiary alicyclic amines) is 1. The van der Waals surface area contributed by atoms with Crippen molar-refractivity contribution in [3.05, 3.63) is 40.7 Å². The van der Waals surface area contributed by atoms with Crippen molar-refractivity contribution in [3.8, 4) is 0 Å². The summed E-state index contributed by atoms with van der Waals surface area (Å²) in [7, 11) is 0. The first-order valence-electron chi connectivity index (χ1n) is 10.3. The van der Waals surface area contributed by atoms with E-state index in [0.29, 0.717) is 37.8 Å². The Kier molecular flexibility index (Phi) is 5.34. The summed E-state index contributed by atoms with van der Waals surface area (Å²) in [4.78, 5) is 37.4. The molecule has 2 aliphatic rings. The number of nitrogens with one attached hydrogen (secondary N) is 1. The fourth-order valence-corrected chi connectivity index (χ4v) is 4.13. The fraction of sp³-hybridized carbons (Fsp3) is 0.571. The predicted molar refractivity (Wildman–Crippen MR) is 107 cm³/mol. The predicted octanol–water partition coefficient (Wildman–Crippen LogP) is 1.93. The zero-order valence-corrected chi connectivity index (χ0v) is 17.3. The highest BCUT2D eigenvalue weighted by Crippen LogP contribution is 2.27. The van der Waals surface area contributed by atoms with Gasteiger partial charge >= 0.3 is 0 Å². The number of H-pyrrole nitrogens is 1. The maximum absolute atomic E-state index is 12.8. The van der Waals surface area contributed by atoms with E-state index in [4.69, 9.17) is 4.98 Å². The van der Waals surface area contributed by atoms with Gasteiger partial charge in [0, 0.05) is 62.9 Å². The molecule has 2 aromatic heterocycles. The van der Waals surface area contributed by atoms with Gasteiger partial charge in [-0.05, 0) is 24.8 Å². The van der Waals surface area contributed by atoms with Crippen LogP contribution >= 0.6 is 0 Å². The molecule has 29 heavy (non-hydrogen) atoms. The van der Waals surface area contributed by atoms with Gasteiger partial charge in [0.2, 0.25) is 5.91 Å². The number of aromatic nitrogens is 4. The summed E-state index contributed by atoms with van der Waals surface area (Å²) in [6.45, 7) is 8.46. The van der Waals surface area contributed by atoms with Crippen LogP contribution in [0, 0.1) is 5.92 Å². The molecule has 1 fully saturated rings. The first kappa shape index (κ1) is 19.5. The first-order valence-corrected chi connectivity index (χ1v) is 10.3. The van der Waals surface area contributed by atoms with E-state index in [9.17, 15) is 9.59 Å². The Hall–Kier alpha value is -2.77. The number of hydrogen-bond donors (Lipinski definition) is 1. The van der Waals surface area contributed by atoms with Crippen molar-refractivity contribution < 1.29 is 9.59 Å². The minimum Gasteiger partial charge on any atom is -0.338 e. The smallest absolute Gasteiger partial charge is 0.274 e. The zero-order chi connectivity index (χ0) is 20.5. The Morgan fingerprint density at radius 1 is 1.28 bits per heavy atom. The van der Waals surface area contributed by atoms with Crippen molar-refractivity contribution in [2.24, 2.45) is 5.92 Å². The topological polar surface area (TPSA) is 95.1 Å². The van der Waals surface area contributed by atoms with E-state index in [1.807, 2.05) is 22.1 Å². The van der Waals surface area contributed by atoms with E-state index in [-0.39, 0.29) is 17.7 Å². The number of rotatable bonds is 4. The molecule has 4 heterocycles. The van der Waals surface area contributed by atoms with E-state index >= 15 is 0 Å². The van der Waals surface area contributed by atoms with Gasteiger partial charge in [0.1, 0.15) is 11.5 Å². The molecular formula is C21H28N6O2. The Labute approximate surface area is 170 Å². The van der Waals surface area contributed by atoms with Gasteiger partial charge in [-0.15, -0.1) is 0 Å². The third-order valence-electron chi connectivity index (χ3n) is 5.72. The van der Waals surface area contributed by atoms with Gasteiger partial charge in [0.05, 0.1) is 5.69 Å². The molecule has 0 radical (unpaired) electrons. The maximum atomic E-state index is 12.8. The molecular weight excluding hydrogens is 368 g/mol. The van der Waals surface area contributed by atoms with Crippen LogP contribution in [0.2, 0.25) is 0 Å². The number of aromatic amines is 1. The van der Waals surface area contributed by atoms with E-state index in [1.54, 1.807) is 6.92 Å². The normalized spacial score (nSPS) is 19.0. The van der Waals surface area contributed by atoms with E-state index < -0.39 is 0 Å². The molecule has 1 N–H and O–H groups in total. The Morgan fingerprint density at radius 3 is 2.86 bits per heavy atom. The molecule has 1 atom stereocenters. The molecule has 1 saturated heterocycles. The van der Waals surface area contributed by atoms with Crippen molar-refractivity contribution in [2.45, 2.75) is 52.5 Å². The summed E-state index contributed by atoms with van der Waals surface area (Å²) in [5.41, 5.74) is 3.53. The molecule has 0 aromatic carbocycles. The number of amides is 2. The third kappa shape index (κ3) is 4.16. The second-order valence-corrected chi connectivity index (χ2v) is 8.50. The second-order valence-electron chi connectivity index (χ2n) is 8.50. The number of nitrogens with zero attached hydrogens (tertiary/aromatic N) is 5. The minimum absolute atomic E-state index is 0.0335. The number of carbonyl (C=O) groups is 2. The molecule has 4 rings (SSSR count). The summed E-state index contributed by atoms with van der Waals surface area (Å²) < 4.78 is 0. The monoisotopic (exact) mass is 396 g/mol. The van der Waals surface area contributed by atoms with Crippen molar-refractivity contribution in [1.29, 1.82) is 0 Å². The summed E-state index contributed by atoms with van der Waals surface area (Å²) in [6, 6.07) is 1.87. The van der Waals surface area contributed by atoms with Crippen LogP contribution in [-0.4, -0.2) is 61.4 Å². The summed E-state index contributed by atoms with van der Waals surface area (Å²) >= 11 is 0. The zero-order valence-electron chi connectivity index (χ0n) is 17.3. The SMILES string of the molecule is CC(=O)N1CCc2nc([C@H]3CCN(C(=O)c4cc(CC(C)C)[nH]n4)C3)ncc2C1. The molecule has 2 amide bonds. The molecule has 154 valence electrons.